The second kappa shape index (κ2) is 3.92. The van der Waals surface area contributed by atoms with Gasteiger partial charge in [-0.05, 0) is 12.8 Å². The Labute approximate surface area is 79.4 Å². The summed E-state index contributed by atoms with van der Waals surface area (Å²) in [6, 6.07) is 0. The molecule has 2 atom stereocenters. The van der Waals surface area contributed by atoms with E-state index >= 15 is 0 Å². The second-order valence-electron chi connectivity index (χ2n) is 3.62. The van der Waals surface area contributed by atoms with Crippen LogP contribution in [0.15, 0.2) is 6.20 Å². The van der Waals surface area contributed by atoms with Crippen LogP contribution in [0.1, 0.15) is 37.9 Å². The Balaban J connectivity index is 2.88. The highest BCUT2D eigenvalue weighted by Crippen LogP contribution is 2.23. The molecule has 0 spiro atoms. The highest BCUT2D eigenvalue weighted by Gasteiger charge is 2.18. The Kier molecular flexibility index (Phi) is 3.09. The van der Waals surface area contributed by atoms with Gasteiger partial charge in [-0.15, -0.1) is 0 Å². The van der Waals surface area contributed by atoms with E-state index < -0.39 is 6.10 Å². The van der Waals surface area contributed by atoms with Crippen molar-refractivity contribution in [3.8, 4) is 0 Å². The van der Waals surface area contributed by atoms with Crippen molar-refractivity contribution in [2.45, 2.75) is 33.3 Å². The molecule has 0 saturated heterocycles. The van der Waals surface area contributed by atoms with Gasteiger partial charge < -0.3 is 9.67 Å². The molecule has 3 heteroatoms. The first-order chi connectivity index (χ1) is 6.07. The van der Waals surface area contributed by atoms with Crippen molar-refractivity contribution in [3.63, 3.8) is 0 Å². The summed E-state index contributed by atoms with van der Waals surface area (Å²) in [7, 11) is 1.93. The summed E-state index contributed by atoms with van der Waals surface area (Å²) >= 11 is 0. The number of aliphatic hydroxyl groups is 1. The van der Waals surface area contributed by atoms with Gasteiger partial charge in [0.2, 0.25) is 0 Å². The Bertz CT molecular complexity index is 280. The number of rotatable bonds is 3. The predicted octanol–water partition coefficient (Wildman–Crippen LogP) is 1.81. The standard InChI is InChI=1S/C10H18N2O/c1-5-7(2)10(13)9-6-11-8(3)12(9)4/h6-7,10,13H,5H2,1-4H3. The van der Waals surface area contributed by atoms with Gasteiger partial charge in [0.1, 0.15) is 5.82 Å². The average molecular weight is 182 g/mol. The van der Waals surface area contributed by atoms with Crippen LogP contribution in [0.25, 0.3) is 0 Å². The monoisotopic (exact) mass is 182 g/mol. The normalized spacial score (nSPS) is 15.8. The van der Waals surface area contributed by atoms with Crippen LogP contribution in [0.4, 0.5) is 0 Å². The molecule has 1 rings (SSSR count). The SMILES string of the molecule is CCC(C)C(O)c1cnc(C)n1C. The molecule has 0 radical (unpaired) electrons. The smallest absolute Gasteiger partial charge is 0.105 e. The van der Waals surface area contributed by atoms with Crippen molar-refractivity contribution in [1.29, 1.82) is 0 Å². The van der Waals surface area contributed by atoms with E-state index in [1.165, 1.54) is 0 Å². The summed E-state index contributed by atoms with van der Waals surface area (Å²) in [5.74, 6) is 1.23. The fraction of sp³-hybridized carbons (Fsp3) is 0.700. The quantitative estimate of drug-likeness (QED) is 0.774. The molecule has 1 N–H and O–H groups in total. The lowest BCUT2D eigenvalue weighted by Gasteiger charge is -2.17. The summed E-state index contributed by atoms with van der Waals surface area (Å²) in [6.45, 7) is 6.07. The van der Waals surface area contributed by atoms with Crippen LogP contribution >= 0.6 is 0 Å². The van der Waals surface area contributed by atoms with E-state index in [9.17, 15) is 5.11 Å². The Hall–Kier alpha value is -0.830. The van der Waals surface area contributed by atoms with Crippen LogP contribution in [0.2, 0.25) is 0 Å². The van der Waals surface area contributed by atoms with Gasteiger partial charge in [-0.1, -0.05) is 20.3 Å². The van der Waals surface area contributed by atoms with E-state index in [2.05, 4.69) is 11.9 Å². The Morgan fingerprint density at radius 2 is 2.23 bits per heavy atom. The molecule has 1 heterocycles. The third kappa shape index (κ3) is 1.91. The number of hydrogen-bond acceptors (Lipinski definition) is 2. The van der Waals surface area contributed by atoms with Crippen LogP contribution < -0.4 is 0 Å². The highest BCUT2D eigenvalue weighted by molar-refractivity contribution is 5.07. The molecule has 1 aromatic heterocycles. The average Bonchev–Trinajstić information content (AvgIpc) is 2.45. The number of hydrogen-bond donors (Lipinski definition) is 1. The van der Waals surface area contributed by atoms with Gasteiger partial charge in [-0.25, -0.2) is 4.98 Å². The topological polar surface area (TPSA) is 38.1 Å². The lowest BCUT2D eigenvalue weighted by atomic mass is 10.00. The zero-order valence-electron chi connectivity index (χ0n) is 8.78. The summed E-state index contributed by atoms with van der Waals surface area (Å²) in [5.41, 5.74) is 0.909. The molecule has 1 aromatic rings. The van der Waals surface area contributed by atoms with Crippen LogP contribution in [0.5, 0.6) is 0 Å². The van der Waals surface area contributed by atoms with Gasteiger partial charge in [0, 0.05) is 7.05 Å². The molecular weight excluding hydrogens is 164 g/mol. The molecule has 74 valence electrons. The minimum Gasteiger partial charge on any atom is -0.387 e. The number of nitrogens with zero attached hydrogens (tertiary/aromatic N) is 2. The number of aromatic nitrogens is 2. The van der Waals surface area contributed by atoms with E-state index in [4.69, 9.17) is 0 Å². The third-order valence-corrected chi connectivity index (χ3v) is 2.74. The zero-order chi connectivity index (χ0) is 10.0. The predicted molar refractivity (Wildman–Crippen MR) is 52.4 cm³/mol. The van der Waals surface area contributed by atoms with Crippen LogP contribution in [0.3, 0.4) is 0 Å². The molecule has 0 bridgehead atoms. The third-order valence-electron chi connectivity index (χ3n) is 2.74. The molecular formula is C10H18N2O. The van der Waals surface area contributed by atoms with Crippen molar-refractivity contribution in [1.82, 2.24) is 9.55 Å². The molecule has 13 heavy (non-hydrogen) atoms. The van der Waals surface area contributed by atoms with Gasteiger partial charge in [0.15, 0.2) is 0 Å². The first-order valence-electron chi connectivity index (χ1n) is 4.74. The van der Waals surface area contributed by atoms with Crippen molar-refractivity contribution in [2.75, 3.05) is 0 Å². The van der Waals surface area contributed by atoms with E-state index in [-0.39, 0.29) is 5.92 Å². The fourth-order valence-electron chi connectivity index (χ4n) is 1.31. The number of aryl methyl sites for hydroxylation is 1. The van der Waals surface area contributed by atoms with E-state index in [0.29, 0.717) is 0 Å². The maximum absolute atomic E-state index is 9.92. The van der Waals surface area contributed by atoms with Crippen molar-refractivity contribution in [2.24, 2.45) is 13.0 Å². The lowest BCUT2D eigenvalue weighted by Crippen LogP contribution is -2.12. The van der Waals surface area contributed by atoms with Gasteiger partial charge in [0.25, 0.3) is 0 Å². The first kappa shape index (κ1) is 10.3. The van der Waals surface area contributed by atoms with Gasteiger partial charge in [-0.2, -0.15) is 0 Å². The molecule has 0 saturated carbocycles. The summed E-state index contributed by atoms with van der Waals surface area (Å²) in [5, 5.41) is 9.92. The lowest BCUT2D eigenvalue weighted by molar-refractivity contribution is 0.108. The molecule has 0 amide bonds. The van der Waals surface area contributed by atoms with Crippen molar-refractivity contribution in [3.05, 3.63) is 17.7 Å². The molecule has 2 unspecified atom stereocenters. The minimum absolute atomic E-state index is 0.287. The Morgan fingerprint density at radius 1 is 1.62 bits per heavy atom. The zero-order valence-corrected chi connectivity index (χ0v) is 8.78. The number of imidazole rings is 1. The van der Waals surface area contributed by atoms with Gasteiger partial charge in [0.05, 0.1) is 18.0 Å². The minimum atomic E-state index is -0.392. The van der Waals surface area contributed by atoms with E-state index in [0.717, 1.165) is 17.9 Å². The van der Waals surface area contributed by atoms with E-state index in [1.54, 1.807) is 6.20 Å². The molecule has 3 nitrogen and oxygen atoms in total. The maximum atomic E-state index is 9.92. The van der Waals surface area contributed by atoms with E-state index in [1.807, 2.05) is 25.5 Å². The van der Waals surface area contributed by atoms with Crippen LogP contribution in [0, 0.1) is 12.8 Å². The van der Waals surface area contributed by atoms with Crippen LogP contribution in [-0.2, 0) is 7.05 Å². The maximum Gasteiger partial charge on any atom is 0.105 e. The fourth-order valence-corrected chi connectivity index (χ4v) is 1.31. The second-order valence-corrected chi connectivity index (χ2v) is 3.62. The Morgan fingerprint density at radius 3 is 2.62 bits per heavy atom. The first-order valence-corrected chi connectivity index (χ1v) is 4.74. The summed E-state index contributed by atoms with van der Waals surface area (Å²) in [4.78, 5) is 4.16. The number of aliphatic hydroxyl groups excluding tert-OH is 1. The van der Waals surface area contributed by atoms with Crippen LogP contribution in [-0.4, -0.2) is 14.7 Å². The molecule has 0 aliphatic heterocycles. The molecule has 0 aromatic carbocycles. The largest absolute Gasteiger partial charge is 0.387 e. The molecule has 0 fully saturated rings. The van der Waals surface area contributed by atoms with Gasteiger partial charge >= 0.3 is 0 Å². The van der Waals surface area contributed by atoms with Crippen molar-refractivity contribution >= 4 is 0 Å². The molecule has 0 aliphatic rings. The molecule has 0 aliphatic carbocycles. The van der Waals surface area contributed by atoms with Crippen molar-refractivity contribution < 1.29 is 5.11 Å². The summed E-state index contributed by atoms with van der Waals surface area (Å²) < 4.78 is 1.94. The van der Waals surface area contributed by atoms with Gasteiger partial charge in [-0.3, -0.25) is 0 Å². The highest BCUT2D eigenvalue weighted by atomic mass is 16.3. The summed E-state index contributed by atoms with van der Waals surface area (Å²) in [6.07, 6.45) is 2.34.